The molecule has 8 heteroatoms. The van der Waals surface area contributed by atoms with Gasteiger partial charge < -0.3 is 29.0 Å². The van der Waals surface area contributed by atoms with Gasteiger partial charge in [0.15, 0.2) is 23.3 Å². The van der Waals surface area contributed by atoms with Crippen LogP contribution in [0.25, 0.3) is 0 Å². The SMILES string of the molecule is COc1ccc(NC(=O)[C@@H](C)[NH+]2CCN(C(=O)c3ccco3)CC2)cc1OC. The molecule has 0 spiro atoms. The number of nitrogens with one attached hydrogen (secondary N) is 2. The molecule has 0 aliphatic carbocycles. The molecule has 2 heterocycles. The van der Waals surface area contributed by atoms with Crippen LogP contribution < -0.4 is 19.7 Å². The lowest BCUT2D eigenvalue weighted by atomic mass is 10.2. The predicted molar refractivity (Wildman–Crippen MR) is 103 cm³/mol. The molecule has 0 unspecified atom stereocenters. The lowest BCUT2D eigenvalue weighted by molar-refractivity contribution is -0.917. The number of nitrogens with zero attached hydrogens (tertiary/aromatic N) is 1. The summed E-state index contributed by atoms with van der Waals surface area (Å²) in [5.74, 6) is 1.34. The van der Waals surface area contributed by atoms with Gasteiger partial charge in [0, 0.05) is 11.8 Å². The van der Waals surface area contributed by atoms with Crippen LogP contribution in [0.4, 0.5) is 5.69 Å². The van der Waals surface area contributed by atoms with Gasteiger partial charge in [-0.05, 0) is 31.2 Å². The molecule has 1 aliphatic heterocycles. The summed E-state index contributed by atoms with van der Waals surface area (Å²) in [6, 6.07) is 8.40. The third-order valence-electron chi connectivity index (χ3n) is 5.08. The van der Waals surface area contributed by atoms with Gasteiger partial charge >= 0.3 is 0 Å². The van der Waals surface area contributed by atoms with Crippen LogP contribution >= 0.6 is 0 Å². The van der Waals surface area contributed by atoms with Crippen LogP contribution in [0.5, 0.6) is 11.5 Å². The number of amides is 2. The first-order valence-corrected chi connectivity index (χ1v) is 9.23. The minimum atomic E-state index is -0.242. The molecule has 1 saturated heterocycles. The second-order valence-electron chi connectivity index (χ2n) is 6.71. The van der Waals surface area contributed by atoms with E-state index in [1.807, 2.05) is 6.92 Å². The van der Waals surface area contributed by atoms with E-state index in [0.717, 1.165) is 4.90 Å². The fraction of sp³-hybridized carbons (Fsp3) is 0.400. The fourth-order valence-electron chi connectivity index (χ4n) is 3.34. The van der Waals surface area contributed by atoms with Crippen molar-refractivity contribution in [3.8, 4) is 11.5 Å². The quantitative estimate of drug-likeness (QED) is 0.760. The molecule has 0 radical (unpaired) electrons. The highest BCUT2D eigenvalue weighted by atomic mass is 16.5. The number of carbonyl (C=O) groups is 2. The molecule has 1 aromatic heterocycles. The van der Waals surface area contributed by atoms with Crippen LogP contribution in [0.15, 0.2) is 41.0 Å². The van der Waals surface area contributed by atoms with Gasteiger partial charge in [-0.3, -0.25) is 9.59 Å². The molecule has 28 heavy (non-hydrogen) atoms. The second kappa shape index (κ2) is 8.79. The molecule has 2 aromatic rings. The summed E-state index contributed by atoms with van der Waals surface area (Å²) in [7, 11) is 3.12. The van der Waals surface area contributed by atoms with Gasteiger partial charge in [0.2, 0.25) is 0 Å². The van der Waals surface area contributed by atoms with Crippen molar-refractivity contribution in [1.29, 1.82) is 0 Å². The van der Waals surface area contributed by atoms with Crippen molar-refractivity contribution >= 4 is 17.5 Å². The number of carbonyl (C=O) groups excluding carboxylic acids is 2. The Morgan fingerprint density at radius 3 is 2.46 bits per heavy atom. The van der Waals surface area contributed by atoms with E-state index in [9.17, 15) is 9.59 Å². The number of rotatable bonds is 6. The average molecular weight is 388 g/mol. The minimum Gasteiger partial charge on any atom is -0.493 e. The molecule has 0 saturated carbocycles. The normalized spacial score (nSPS) is 15.8. The molecule has 1 aromatic carbocycles. The third-order valence-corrected chi connectivity index (χ3v) is 5.08. The highest BCUT2D eigenvalue weighted by Crippen LogP contribution is 2.29. The van der Waals surface area contributed by atoms with Gasteiger partial charge in [0.1, 0.15) is 0 Å². The lowest BCUT2D eigenvalue weighted by Crippen LogP contribution is -3.19. The molecular formula is C20H26N3O5+. The van der Waals surface area contributed by atoms with Crippen molar-refractivity contribution in [3.05, 3.63) is 42.4 Å². The Morgan fingerprint density at radius 1 is 1.14 bits per heavy atom. The zero-order valence-corrected chi connectivity index (χ0v) is 16.4. The summed E-state index contributed by atoms with van der Waals surface area (Å²) in [4.78, 5) is 27.9. The number of furan rings is 1. The van der Waals surface area contributed by atoms with Gasteiger partial charge in [0.05, 0.1) is 46.7 Å². The molecule has 150 valence electrons. The van der Waals surface area contributed by atoms with Gasteiger partial charge in [0.25, 0.3) is 11.8 Å². The van der Waals surface area contributed by atoms with E-state index in [2.05, 4.69) is 5.32 Å². The standard InChI is InChI=1S/C20H25N3O5/c1-14(19(24)21-15-6-7-16(26-2)18(13-15)27-3)22-8-10-23(11-9-22)20(25)17-5-4-12-28-17/h4-7,12-14H,8-11H2,1-3H3,(H,21,24)/p+1/t14-/m1/s1. The highest BCUT2D eigenvalue weighted by Gasteiger charge is 2.31. The van der Waals surface area contributed by atoms with Crippen molar-refractivity contribution < 1.29 is 28.4 Å². The molecule has 8 nitrogen and oxygen atoms in total. The van der Waals surface area contributed by atoms with Crippen LogP contribution in [0.1, 0.15) is 17.5 Å². The minimum absolute atomic E-state index is 0.0759. The number of piperazine rings is 1. The van der Waals surface area contributed by atoms with Crippen molar-refractivity contribution in [2.45, 2.75) is 13.0 Å². The Bertz CT molecular complexity index is 813. The fourth-order valence-corrected chi connectivity index (χ4v) is 3.34. The molecule has 1 fully saturated rings. The number of ether oxygens (including phenoxy) is 2. The molecular weight excluding hydrogens is 362 g/mol. The third kappa shape index (κ3) is 4.28. The summed E-state index contributed by atoms with van der Waals surface area (Å²) >= 11 is 0. The number of hydrogen-bond acceptors (Lipinski definition) is 5. The van der Waals surface area contributed by atoms with E-state index in [-0.39, 0.29) is 17.9 Å². The number of benzene rings is 1. The molecule has 1 atom stereocenters. The molecule has 3 rings (SSSR count). The van der Waals surface area contributed by atoms with Gasteiger partial charge in [-0.15, -0.1) is 0 Å². The maximum atomic E-state index is 12.7. The first-order valence-electron chi connectivity index (χ1n) is 9.23. The zero-order valence-electron chi connectivity index (χ0n) is 16.4. The van der Waals surface area contributed by atoms with Crippen molar-refractivity contribution in [2.24, 2.45) is 0 Å². The maximum Gasteiger partial charge on any atom is 0.289 e. The van der Waals surface area contributed by atoms with E-state index in [1.165, 1.54) is 6.26 Å². The molecule has 2 amide bonds. The molecule has 2 N–H and O–H groups in total. The molecule has 0 bridgehead atoms. The summed E-state index contributed by atoms with van der Waals surface area (Å²) in [6.45, 7) is 4.47. The topological polar surface area (TPSA) is 85.5 Å². The molecule has 1 aliphatic rings. The maximum absolute atomic E-state index is 12.7. The monoisotopic (exact) mass is 388 g/mol. The zero-order chi connectivity index (χ0) is 20.1. The van der Waals surface area contributed by atoms with Crippen LogP contribution in [0.3, 0.4) is 0 Å². The van der Waals surface area contributed by atoms with Crippen LogP contribution in [-0.2, 0) is 4.79 Å². The Morgan fingerprint density at radius 2 is 1.86 bits per heavy atom. The van der Waals surface area contributed by atoms with Crippen molar-refractivity contribution in [3.63, 3.8) is 0 Å². The van der Waals surface area contributed by atoms with E-state index >= 15 is 0 Å². The van der Waals surface area contributed by atoms with Crippen molar-refractivity contribution in [2.75, 3.05) is 45.7 Å². The van der Waals surface area contributed by atoms with E-state index in [1.54, 1.807) is 49.5 Å². The van der Waals surface area contributed by atoms with E-state index in [0.29, 0.717) is 49.1 Å². The number of anilines is 1. The van der Waals surface area contributed by atoms with Crippen LogP contribution in [0, 0.1) is 0 Å². The Kier molecular flexibility index (Phi) is 6.20. The van der Waals surface area contributed by atoms with E-state index in [4.69, 9.17) is 13.9 Å². The Balaban J connectivity index is 1.55. The average Bonchev–Trinajstić information content (AvgIpc) is 3.27. The van der Waals surface area contributed by atoms with Crippen molar-refractivity contribution in [1.82, 2.24) is 4.90 Å². The lowest BCUT2D eigenvalue weighted by Gasteiger charge is -2.34. The van der Waals surface area contributed by atoms with Gasteiger partial charge in [-0.1, -0.05) is 0 Å². The van der Waals surface area contributed by atoms with Crippen LogP contribution in [0.2, 0.25) is 0 Å². The number of hydrogen-bond donors (Lipinski definition) is 2. The summed E-state index contributed by atoms with van der Waals surface area (Å²) < 4.78 is 15.7. The first-order chi connectivity index (χ1) is 13.5. The van der Waals surface area contributed by atoms with Gasteiger partial charge in [-0.2, -0.15) is 0 Å². The Hall–Kier alpha value is -3.00. The van der Waals surface area contributed by atoms with E-state index < -0.39 is 0 Å². The highest BCUT2D eigenvalue weighted by molar-refractivity contribution is 5.94. The smallest absolute Gasteiger partial charge is 0.289 e. The van der Waals surface area contributed by atoms with Crippen LogP contribution in [-0.4, -0.2) is 63.2 Å². The van der Waals surface area contributed by atoms with Gasteiger partial charge in [-0.25, -0.2) is 0 Å². The first kappa shape index (κ1) is 19.8. The number of quaternary nitrogens is 1. The Labute approximate surface area is 164 Å². The summed E-state index contributed by atoms with van der Waals surface area (Å²) in [5, 5.41) is 2.93. The largest absolute Gasteiger partial charge is 0.493 e. The summed E-state index contributed by atoms with van der Waals surface area (Å²) in [6.07, 6.45) is 1.50. The number of methoxy groups -OCH3 is 2. The predicted octanol–water partition coefficient (Wildman–Crippen LogP) is 0.665. The second-order valence-corrected chi connectivity index (χ2v) is 6.71. The summed E-state index contributed by atoms with van der Waals surface area (Å²) in [5.41, 5.74) is 0.653.